The van der Waals surface area contributed by atoms with Crippen LogP contribution in [-0.2, 0) is 33.0 Å². The Morgan fingerprint density at radius 2 is 1.40 bits per heavy atom. The van der Waals surface area contributed by atoms with Crippen LogP contribution < -0.4 is 14.4 Å². The Morgan fingerprint density at radius 3 is 2.08 bits per heavy atom. The minimum atomic E-state index is -0.958. The summed E-state index contributed by atoms with van der Waals surface area (Å²) in [4.78, 5) is 31.1. The number of benzene rings is 4. The summed E-state index contributed by atoms with van der Waals surface area (Å²) in [5.41, 5.74) is 3.35. The van der Waals surface area contributed by atoms with Gasteiger partial charge in [0, 0.05) is 11.6 Å². The summed E-state index contributed by atoms with van der Waals surface area (Å²) in [7, 11) is 3.20. The van der Waals surface area contributed by atoms with Crippen molar-refractivity contribution in [2.24, 2.45) is 0 Å². The van der Waals surface area contributed by atoms with Gasteiger partial charge in [-0.2, -0.15) is 0 Å². The van der Waals surface area contributed by atoms with Gasteiger partial charge in [-0.15, -0.1) is 0 Å². The molecule has 2 aliphatic rings. The van der Waals surface area contributed by atoms with Crippen molar-refractivity contribution in [1.82, 2.24) is 4.90 Å². The molecule has 2 aliphatic heterocycles. The molecule has 40 heavy (non-hydrogen) atoms. The van der Waals surface area contributed by atoms with Crippen LogP contribution in [-0.4, -0.2) is 43.6 Å². The van der Waals surface area contributed by atoms with Gasteiger partial charge in [-0.05, 0) is 34.9 Å². The van der Waals surface area contributed by atoms with Gasteiger partial charge in [-0.25, -0.2) is 0 Å². The number of anilines is 1. The van der Waals surface area contributed by atoms with Crippen molar-refractivity contribution in [1.29, 1.82) is 0 Å². The minimum absolute atomic E-state index is 0.0747. The van der Waals surface area contributed by atoms with E-state index in [-0.39, 0.29) is 31.5 Å². The van der Waals surface area contributed by atoms with E-state index in [1.54, 1.807) is 30.1 Å². The fourth-order valence-corrected chi connectivity index (χ4v) is 5.86. The number of para-hydroxylation sites is 1. The number of ether oxygens (including phenoxy) is 3. The first-order valence-corrected chi connectivity index (χ1v) is 13.2. The van der Waals surface area contributed by atoms with E-state index >= 15 is 0 Å². The highest BCUT2D eigenvalue weighted by Gasteiger charge is 2.65. The van der Waals surface area contributed by atoms with E-state index in [1.807, 2.05) is 97.1 Å². The maximum absolute atomic E-state index is 13.9. The number of carbonyl (C=O) groups is 2. The lowest BCUT2D eigenvalue weighted by Gasteiger charge is -2.56. The Balaban J connectivity index is 1.47. The number of amides is 2. The van der Waals surface area contributed by atoms with E-state index in [4.69, 9.17) is 14.2 Å². The maximum atomic E-state index is 13.9. The molecule has 0 bridgehead atoms. The van der Waals surface area contributed by atoms with E-state index in [9.17, 15) is 9.59 Å². The maximum Gasteiger partial charge on any atom is 0.256 e. The normalized spacial score (nSPS) is 19.8. The minimum Gasteiger partial charge on any atom is -0.497 e. The topological polar surface area (TPSA) is 68.3 Å². The Hall–Kier alpha value is -4.62. The zero-order chi connectivity index (χ0) is 27.7. The lowest BCUT2D eigenvalue weighted by Crippen LogP contribution is -2.73. The molecule has 4 aromatic rings. The van der Waals surface area contributed by atoms with Gasteiger partial charge >= 0.3 is 0 Å². The summed E-state index contributed by atoms with van der Waals surface area (Å²) < 4.78 is 17.3. The first kappa shape index (κ1) is 25.6. The second-order valence-corrected chi connectivity index (χ2v) is 9.95. The summed E-state index contributed by atoms with van der Waals surface area (Å²) in [6.45, 7) is 0.490. The third kappa shape index (κ3) is 4.19. The molecule has 2 atom stereocenters. The van der Waals surface area contributed by atoms with Crippen molar-refractivity contribution in [2.75, 3.05) is 25.7 Å². The molecule has 4 aromatic carbocycles. The van der Waals surface area contributed by atoms with Crippen LogP contribution in [0.3, 0.4) is 0 Å². The summed E-state index contributed by atoms with van der Waals surface area (Å²) in [6.07, 6.45) is -0.791. The summed E-state index contributed by atoms with van der Waals surface area (Å²) in [6, 6.07) is 33.0. The number of carbonyl (C=O) groups excluding carboxylic acids is 2. The standard InChI is InChI=1S/C33H30N2O5/c1-38-26-17-24(18-27(19-26)39-2)20-34-29-16-10-9-15-28(29)33(25-13-7-4-8-14-25)31(32(37)35(33)21-30(34)36)40-22-23-11-5-3-6-12-23/h3-19,31H,20-22H2,1-2H3. The van der Waals surface area contributed by atoms with Crippen LogP contribution in [0.15, 0.2) is 103 Å². The molecule has 202 valence electrons. The van der Waals surface area contributed by atoms with Crippen LogP contribution in [0.2, 0.25) is 0 Å². The zero-order valence-electron chi connectivity index (χ0n) is 22.4. The SMILES string of the molecule is COc1cc(CN2C(=O)CN3C(=O)C(OCc4ccccc4)C3(c3ccccc3)c3ccccc32)cc(OC)c1. The molecular weight excluding hydrogens is 504 g/mol. The molecule has 0 aliphatic carbocycles. The van der Waals surface area contributed by atoms with E-state index in [0.29, 0.717) is 11.5 Å². The number of β-lactam (4-membered cyclic amide) rings is 1. The molecule has 2 unspecified atom stereocenters. The number of hydrogen-bond donors (Lipinski definition) is 0. The fourth-order valence-electron chi connectivity index (χ4n) is 5.86. The number of hydrogen-bond acceptors (Lipinski definition) is 5. The zero-order valence-corrected chi connectivity index (χ0v) is 22.4. The van der Waals surface area contributed by atoms with Gasteiger partial charge in [-0.1, -0.05) is 78.9 Å². The van der Waals surface area contributed by atoms with Crippen LogP contribution in [0.1, 0.15) is 22.3 Å². The van der Waals surface area contributed by atoms with Crippen molar-refractivity contribution in [3.63, 3.8) is 0 Å². The predicted molar refractivity (Wildman–Crippen MR) is 151 cm³/mol. The molecule has 1 saturated heterocycles. The summed E-state index contributed by atoms with van der Waals surface area (Å²) in [5, 5.41) is 0. The van der Waals surface area contributed by atoms with Gasteiger partial charge in [-0.3, -0.25) is 9.59 Å². The van der Waals surface area contributed by atoms with Gasteiger partial charge < -0.3 is 24.0 Å². The van der Waals surface area contributed by atoms with Crippen LogP contribution in [0.25, 0.3) is 0 Å². The average Bonchev–Trinajstić information content (AvgIpc) is 3.09. The molecule has 7 nitrogen and oxygen atoms in total. The Labute approximate surface area is 233 Å². The number of nitrogens with zero attached hydrogens (tertiary/aromatic N) is 2. The second-order valence-electron chi connectivity index (χ2n) is 9.95. The molecule has 0 N–H and O–H groups in total. The lowest BCUT2D eigenvalue weighted by atomic mass is 9.69. The van der Waals surface area contributed by atoms with Gasteiger partial charge in [0.05, 0.1) is 33.1 Å². The molecular formula is C33H30N2O5. The van der Waals surface area contributed by atoms with Gasteiger partial charge in [0.1, 0.15) is 23.6 Å². The van der Waals surface area contributed by atoms with Crippen LogP contribution >= 0.6 is 0 Å². The molecule has 7 heteroatoms. The van der Waals surface area contributed by atoms with Crippen molar-refractivity contribution in [3.05, 3.63) is 125 Å². The Kier molecular flexibility index (Phi) is 6.74. The highest BCUT2D eigenvalue weighted by atomic mass is 16.5. The molecule has 0 aromatic heterocycles. The van der Waals surface area contributed by atoms with Gasteiger partial charge in [0.25, 0.3) is 5.91 Å². The average molecular weight is 535 g/mol. The lowest BCUT2D eigenvalue weighted by molar-refractivity contribution is -0.192. The number of rotatable bonds is 8. The smallest absolute Gasteiger partial charge is 0.256 e. The van der Waals surface area contributed by atoms with Crippen molar-refractivity contribution < 1.29 is 23.8 Å². The molecule has 2 amide bonds. The van der Waals surface area contributed by atoms with E-state index in [1.165, 1.54) is 0 Å². The highest BCUT2D eigenvalue weighted by molar-refractivity contribution is 6.04. The second kappa shape index (κ2) is 10.5. The van der Waals surface area contributed by atoms with E-state index in [2.05, 4.69) is 0 Å². The first-order valence-electron chi connectivity index (χ1n) is 13.2. The van der Waals surface area contributed by atoms with Crippen LogP contribution in [0, 0.1) is 0 Å². The third-order valence-corrected chi connectivity index (χ3v) is 7.72. The monoisotopic (exact) mass is 534 g/mol. The van der Waals surface area contributed by atoms with Crippen molar-refractivity contribution >= 4 is 17.5 Å². The fraction of sp³-hybridized carbons (Fsp3) is 0.212. The first-order chi connectivity index (χ1) is 19.6. The summed E-state index contributed by atoms with van der Waals surface area (Å²) in [5.74, 6) is 0.896. The van der Waals surface area contributed by atoms with Gasteiger partial charge in [0.15, 0.2) is 6.10 Å². The molecule has 0 radical (unpaired) electrons. The molecule has 6 rings (SSSR count). The largest absolute Gasteiger partial charge is 0.497 e. The van der Waals surface area contributed by atoms with E-state index < -0.39 is 11.6 Å². The predicted octanol–water partition coefficient (Wildman–Crippen LogP) is 4.92. The van der Waals surface area contributed by atoms with Gasteiger partial charge in [0.2, 0.25) is 5.91 Å². The summed E-state index contributed by atoms with van der Waals surface area (Å²) >= 11 is 0. The highest BCUT2D eigenvalue weighted by Crippen LogP contribution is 2.53. The van der Waals surface area contributed by atoms with E-state index in [0.717, 1.165) is 27.9 Å². The number of methoxy groups -OCH3 is 2. The van der Waals surface area contributed by atoms with Crippen molar-refractivity contribution in [2.45, 2.75) is 24.8 Å². The number of fused-ring (bicyclic) bond motifs is 3. The molecule has 0 saturated carbocycles. The van der Waals surface area contributed by atoms with Crippen LogP contribution in [0.5, 0.6) is 11.5 Å². The molecule has 2 heterocycles. The molecule has 0 spiro atoms. The third-order valence-electron chi connectivity index (χ3n) is 7.72. The molecule has 1 fully saturated rings. The Morgan fingerprint density at radius 1 is 0.775 bits per heavy atom. The van der Waals surface area contributed by atoms with Crippen molar-refractivity contribution in [3.8, 4) is 11.5 Å². The quantitative estimate of drug-likeness (QED) is 0.300. The van der Waals surface area contributed by atoms with Crippen LogP contribution in [0.4, 0.5) is 5.69 Å². The Bertz CT molecular complexity index is 1520.